The molecule has 4 nitrogen and oxygen atoms in total. The highest BCUT2D eigenvalue weighted by atomic mass is 16.2. The summed E-state index contributed by atoms with van der Waals surface area (Å²) in [5.74, 6) is -0.0576. The molecule has 1 atom stereocenters. The summed E-state index contributed by atoms with van der Waals surface area (Å²) in [6.45, 7) is 5.85. The standard InChI is InChI=1S/C17H29N3O/c1-17(2,13-20(3)4)12-19-16(21)15(18)11-10-14-8-6-5-7-9-14/h5-9,15H,10-13,18H2,1-4H3,(H,19,21). The summed E-state index contributed by atoms with van der Waals surface area (Å²) in [4.78, 5) is 14.2. The number of nitrogens with zero attached hydrogens (tertiary/aromatic N) is 1. The van der Waals surface area contributed by atoms with Crippen LogP contribution in [0.25, 0.3) is 0 Å². The van der Waals surface area contributed by atoms with E-state index in [1.807, 2.05) is 32.3 Å². The molecule has 0 aliphatic rings. The number of aryl methyl sites for hydroxylation is 1. The predicted octanol–water partition coefficient (Wildman–Crippen LogP) is 1.65. The Morgan fingerprint density at radius 2 is 1.90 bits per heavy atom. The topological polar surface area (TPSA) is 58.4 Å². The first-order valence-electron chi connectivity index (χ1n) is 7.52. The van der Waals surface area contributed by atoms with Crippen LogP contribution in [0, 0.1) is 5.41 Å². The van der Waals surface area contributed by atoms with Gasteiger partial charge in [-0.3, -0.25) is 4.79 Å². The molecule has 0 fully saturated rings. The second-order valence-corrected chi connectivity index (χ2v) is 6.75. The maximum absolute atomic E-state index is 12.0. The van der Waals surface area contributed by atoms with Gasteiger partial charge in [0, 0.05) is 13.1 Å². The van der Waals surface area contributed by atoms with E-state index in [2.05, 4.69) is 36.2 Å². The van der Waals surface area contributed by atoms with Crippen LogP contribution in [0.2, 0.25) is 0 Å². The van der Waals surface area contributed by atoms with Crippen LogP contribution in [-0.2, 0) is 11.2 Å². The molecule has 1 unspecified atom stereocenters. The molecule has 0 saturated heterocycles. The van der Waals surface area contributed by atoms with Crippen LogP contribution in [0.3, 0.4) is 0 Å². The first kappa shape index (κ1) is 17.7. The van der Waals surface area contributed by atoms with E-state index in [0.717, 1.165) is 13.0 Å². The van der Waals surface area contributed by atoms with Crippen molar-refractivity contribution in [2.45, 2.75) is 32.7 Å². The van der Waals surface area contributed by atoms with Crippen molar-refractivity contribution >= 4 is 5.91 Å². The summed E-state index contributed by atoms with van der Waals surface area (Å²) in [6, 6.07) is 9.67. The lowest BCUT2D eigenvalue weighted by atomic mass is 9.92. The van der Waals surface area contributed by atoms with Gasteiger partial charge in [-0.05, 0) is 37.9 Å². The molecule has 0 spiro atoms. The van der Waals surface area contributed by atoms with Crippen LogP contribution in [0.15, 0.2) is 30.3 Å². The van der Waals surface area contributed by atoms with Crippen molar-refractivity contribution in [1.82, 2.24) is 10.2 Å². The van der Waals surface area contributed by atoms with E-state index in [1.165, 1.54) is 5.56 Å². The Hall–Kier alpha value is -1.39. The lowest BCUT2D eigenvalue weighted by Crippen LogP contribution is -2.46. The largest absolute Gasteiger partial charge is 0.354 e. The molecule has 0 radical (unpaired) electrons. The van der Waals surface area contributed by atoms with E-state index in [1.54, 1.807) is 0 Å². The number of hydrogen-bond acceptors (Lipinski definition) is 3. The molecule has 0 aliphatic heterocycles. The first-order valence-corrected chi connectivity index (χ1v) is 7.52. The minimum Gasteiger partial charge on any atom is -0.354 e. The highest BCUT2D eigenvalue weighted by Crippen LogP contribution is 2.14. The Labute approximate surface area is 128 Å². The molecule has 1 aromatic carbocycles. The van der Waals surface area contributed by atoms with Gasteiger partial charge in [0.05, 0.1) is 6.04 Å². The van der Waals surface area contributed by atoms with Crippen LogP contribution in [0.4, 0.5) is 0 Å². The third-order valence-electron chi connectivity index (χ3n) is 3.41. The third kappa shape index (κ3) is 7.25. The van der Waals surface area contributed by atoms with Crippen LogP contribution in [0.1, 0.15) is 25.8 Å². The average Bonchev–Trinajstić information content (AvgIpc) is 2.42. The van der Waals surface area contributed by atoms with Crippen molar-refractivity contribution in [2.24, 2.45) is 11.1 Å². The van der Waals surface area contributed by atoms with Crippen molar-refractivity contribution in [2.75, 3.05) is 27.2 Å². The van der Waals surface area contributed by atoms with Crippen molar-refractivity contribution in [1.29, 1.82) is 0 Å². The van der Waals surface area contributed by atoms with E-state index in [0.29, 0.717) is 13.0 Å². The number of benzene rings is 1. The van der Waals surface area contributed by atoms with E-state index < -0.39 is 6.04 Å². The minimum atomic E-state index is -0.444. The fourth-order valence-electron chi connectivity index (χ4n) is 2.47. The maximum Gasteiger partial charge on any atom is 0.236 e. The summed E-state index contributed by atoms with van der Waals surface area (Å²) in [7, 11) is 4.07. The van der Waals surface area contributed by atoms with Gasteiger partial charge in [0.2, 0.25) is 5.91 Å². The fourth-order valence-corrected chi connectivity index (χ4v) is 2.47. The molecule has 0 aromatic heterocycles. The SMILES string of the molecule is CN(C)CC(C)(C)CNC(=O)C(N)CCc1ccccc1. The van der Waals surface area contributed by atoms with Crippen LogP contribution < -0.4 is 11.1 Å². The predicted molar refractivity (Wildman–Crippen MR) is 88.1 cm³/mol. The molecule has 118 valence electrons. The van der Waals surface area contributed by atoms with Crippen LogP contribution in [-0.4, -0.2) is 44.0 Å². The van der Waals surface area contributed by atoms with Gasteiger partial charge in [0.1, 0.15) is 0 Å². The second-order valence-electron chi connectivity index (χ2n) is 6.75. The number of hydrogen-bond donors (Lipinski definition) is 2. The van der Waals surface area contributed by atoms with Crippen LogP contribution in [0.5, 0.6) is 0 Å². The maximum atomic E-state index is 12.0. The molecular formula is C17H29N3O. The Morgan fingerprint density at radius 3 is 2.48 bits per heavy atom. The normalized spacial score (nSPS) is 13.2. The highest BCUT2D eigenvalue weighted by molar-refractivity contribution is 5.81. The summed E-state index contributed by atoms with van der Waals surface area (Å²) >= 11 is 0. The molecule has 4 heteroatoms. The molecular weight excluding hydrogens is 262 g/mol. The average molecular weight is 291 g/mol. The number of carbonyl (C=O) groups excluding carboxylic acids is 1. The summed E-state index contributed by atoms with van der Waals surface area (Å²) in [6.07, 6.45) is 1.50. The van der Waals surface area contributed by atoms with Gasteiger partial charge >= 0.3 is 0 Å². The number of rotatable bonds is 8. The smallest absolute Gasteiger partial charge is 0.236 e. The lowest BCUT2D eigenvalue weighted by molar-refractivity contribution is -0.123. The summed E-state index contributed by atoms with van der Waals surface area (Å²) < 4.78 is 0. The molecule has 0 heterocycles. The molecule has 0 aliphatic carbocycles. The Balaban J connectivity index is 2.34. The third-order valence-corrected chi connectivity index (χ3v) is 3.41. The Morgan fingerprint density at radius 1 is 1.29 bits per heavy atom. The molecule has 1 amide bonds. The monoisotopic (exact) mass is 291 g/mol. The van der Waals surface area contributed by atoms with Crippen molar-refractivity contribution in [3.05, 3.63) is 35.9 Å². The molecule has 0 bridgehead atoms. The van der Waals surface area contributed by atoms with Gasteiger partial charge < -0.3 is 16.0 Å². The Kier molecular flexibility index (Phi) is 6.85. The van der Waals surface area contributed by atoms with Crippen molar-refractivity contribution in [3.63, 3.8) is 0 Å². The fraction of sp³-hybridized carbons (Fsp3) is 0.588. The zero-order chi connectivity index (χ0) is 15.9. The quantitative estimate of drug-likeness (QED) is 0.766. The number of nitrogens with two attached hydrogens (primary N) is 1. The number of carbonyl (C=O) groups is 1. The molecule has 0 saturated carbocycles. The Bertz CT molecular complexity index is 429. The first-order chi connectivity index (χ1) is 9.80. The number of amides is 1. The second kappa shape index (κ2) is 8.15. The van der Waals surface area contributed by atoms with Gasteiger partial charge in [0.15, 0.2) is 0 Å². The van der Waals surface area contributed by atoms with E-state index in [4.69, 9.17) is 5.73 Å². The van der Waals surface area contributed by atoms with Gasteiger partial charge in [-0.15, -0.1) is 0 Å². The molecule has 1 rings (SSSR count). The van der Waals surface area contributed by atoms with Crippen LogP contribution >= 0.6 is 0 Å². The number of nitrogens with one attached hydrogen (secondary N) is 1. The van der Waals surface area contributed by atoms with Gasteiger partial charge in [-0.25, -0.2) is 0 Å². The minimum absolute atomic E-state index is 0.0400. The zero-order valence-corrected chi connectivity index (χ0v) is 13.7. The summed E-state index contributed by atoms with van der Waals surface area (Å²) in [5.41, 5.74) is 7.23. The van der Waals surface area contributed by atoms with Gasteiger partial charge in [0.25, 0.3) is 0 Å². The molecule has 3 N–H and O–H groups in total. The van der Waals surface area contributed by atoms with Crippen molar-refractivity contribution in [3.8, 4) is 0 Å². The lowest BCUT2D eigenvalue weighted by Gasteiger charge is -2.29. The molecule has 1 aromatic rings. The zero-order valence-electron chi connectivity index (χ0n) is 13.7. The highest BCUT2D eigenvalue weighted by Gasteiger charge is 2.21. The van der Waals surface area contributed by atoms with E-state index in [9.17, 15) is 4.79 Å². The molecule has 21 heavy (non-hydrogen) atoms. The van der Waals surface area contributed by atoms with E-state index >= 15 is 0 Å². The van der Waals surface area contributed by atoms with Gasteiger partial charge in [-0.2, -0.15) is 0 Å². The van der Waals surface area contributed by atoms with E-state index in [-0.39, 0.29) is 11.3 Å². The summed E-state index contributed by atoms with van der Waals surface area (Å²) in [5, 5.41) is 2.97. The van der Waals surface area contributed by atoms with Crippen molar-refractivity contribution < 1.29 is 4.79 Å². The van der Waals surface area contributed by atoms with Gasteiger partial charge in [-0.1, -0.05) is 44.2 Å².